The maximum Gasteiger partial charge on any atom is 0.410 e. The maximum atomic E-state index is 12.2. The summed E-state index contributed by atoms with van der Waals surface area (Å²) in [4.78, 5) is 25.4. The Balaban J connectivity index is 2.64. The fourth-order valence-corrected chi connectivity index (χ4v) is 2.50. The fraction of sp³-hybridized carbons (Fsp3) is 0.875. The fourth-order valence-electron chi connectivity index (χ4n) is 2.50. The lowest BCUT2D eigenvalue weighted by Gasteiger charge is -2.42. The molecule has 6 heteroatoms. The molecule has 0 bridgehead atoms. The van der Waals surface area contributed by atoms with Gasteiger partial charge in [-0.25, -0.2) is 9.59 Å². The maximum absolute atomic E-state index is 12.2. The lowest BCUT2D eigenvalue weighted by atomic mass is 9.90. The van der Waals surface area contributed by atoms with E-state index in [1.165, 1.54) is 0 Å². The van der Waals surface area contributed by atoms with Gasteiger partial charge in [0.1, 0.15) is 12.2 Å². The van der Waals surface area contributed by atoms with Gasteiger partial charge in [0.2, 0.25) is 0 Å². The summed E-state index contributed by atoms with van der Waals surface area (Å²) in [6, 6.07) is 0. The lowest BCUT2D eigenvalue weighted by molar-refractivity contribution is -0.160. The average Bonchev–Trinajstić information content (AvgIpc) is 2.44. The van der Waals surface area contributed by atoms with E-state index in [-0.39, 0.29) is 18.7 Å². The molecule has 0 aromatic carbocycles. The Bertz CT molecular complexity index is 390. The van der Waals surface area contributed by atoms with Crippen molar-refractivity contribution in [2.24, 2.45) is 0 Å². The van der Waals surface area contributed by atoms with Crippen LogP contribution in [0.1, 0.15) is 53.9 Å². The molecule has 1 rings (SSSR count). The zero-order chi connectivity index (χ0) is 16.8. The number of carbonyl (C=O) groups is 2. The largest absolute Gasteiger partial charge is 0.464 e. The van der Waals surface area contributed by atoms with Gasteiger partial charge in [-0.3, -0.25) is 0 Å². The molecule has 0 N–H and O–H groups in total. The number of carbonyl (C=O) groups excluding carboxylic acids is 2. The Kier molecular flexibility index (Phi) is 6.66. The molecule has 0 aliphatic carbocycles. The molecule has 1 fully saturated rings. The van der Waals surface area contributed by atoms with Crippen LogP contribution in [0.3, 0.4) is 0 Å². The number of nitrogens with zero attached hydrogens (tertiary/aromatic N) is 1. The molecule has 1 aliphatic rings. The van der Waals surface area contributed by atoms with Crippen LogP contribution in [0, 0.1) is 0 Å². The van der Waals surface area contributed by atoms with Gasteiger partial charge >= 0.3 is 12.1 Å². The van der Waals surface area contributed by atoms with Gasteiger partial charge in [0.05, 0.1) is 18.8 Å². The Morgan fingerprint density at radius 1 is 1.23 bits per heavy atom. The van der Waals surface area contributed by atoms with Crippen molar-refractivity contribution in [3.63, 3.8) is 0 Å². The number of esters is 1. The Labute approximate surface area is 133 Å². The van der Waals surface area contributed by atoms with Crippen LogP contribution in [-0.2, 0) is 19.0 Å². The van der Waals surface area contributed by atoms with E-state index in [0.717, 1.165) is 19.3 Å². The van der Waals surface area contributed by atoms with E-state index in [1.54, 1.807) is 11.8 Å². The molecule has 0 spiro atoms. The second-order valence-electron chi connectivity index (χ2n) is 6.64. The average molecular weight is 315 g/mol. The highest BCUT2D eigenvalue weighted by molar-refractivity contribution is 5.70. The molecule has 1 saturated heterocycles. The van der Waals surface area contributed by atoms with Gasteiger partial charge in [-0.05, 0) is 47.0 Å². The van der Waals surface area contributed by atoms with E-state index in [1.807, 2.05) is 27.7 Å². The van der Waals surface area contributed by atoms with Gasteiger partial charge < -0.3 is 19.1 Å². The van der Waals surface area contributed by atoms with Crippen LogP contribution in [0.4, 0.5) is 4.79 Å². The third-order valence-electron chi connectivity index (χ3n) is 3.64. The van der Waals surface area contributed by atoms with Gasteiger partial charge in [0.15, 0.2) is 0 Å². The number of likely N-dealkylation sites (tertiary alicyclic amines) is 1. The third-order valence-corrected chi connectivity index (χ3v) is 3.64. The van der Waals surface area contributed by atoms with Crippen molar-refractivity contribution in [3.8, 4) is 0 Å². The van der Waals surface area contributed by atoms with E-state index < -0.39 is 11.2 Å². The minimum absolute atomic E-state index is 0.0795. The number of rotatable bonds is 5. The van der Waals surface area contributed by atoms with Crippen LogP contribution in [0.25, 0.3) is 0 Å². The van der Waals surface area contributed by atoms with Crippen molar-refractivity contribution >= 4 is 12.1 Å². The molecular formula is C16H29NO5. The lowest BCUT2D eigenvalue weighted by Crippen LogP contribution is -2.53. The van der Waals surface area contributed by atoms with Crippen LogP contribution in [0.2, 0.25) is 0 Å². The highest BCUT2D eigenvalue weighted by atomic mass is 16.6. The van der Waals surface area contributed by atoms with Crippen molar-refractivity contribution < 1.29 is 23.8 Å². The molecule has 1 heterocycles. The number of hydrogen-bond donors (Lipinski definition) is 0. The highest BCUT2D eigenvalue weighted by Gasteiger charge is 2.38. The van der Waals surface area contributed by atoms with E-state index in [2.05, 4.69) is 0 Å². The molecule has 0 radical (unpaired) electrons. The summed E-state index contributed by atoms with van der Waals surface area (Å²) >= 11 is 0. The normalized spacial score (nSPS) is 22.3. The minimum atomic E-state index is -0.519. The standard InChI is InChI=1S/C16H29NO5/c1-6-16(21-11-13(18)20-7-2)9-8-10-17(12-16)14(19)22-15(3,4)5/h6-12H2,1-5H3. The van der Waals surface area contributed by atoms with Crippen LogP contribution < -0.4 is 0 Å². The Morgan fingerprint density at radius 3 is 2.45 bits per heavy atom. The molecular weight excluding hydrogens is 286 g/mol. The van der Waals surface area contributed by atoms with Crippen LogP contribution in [0.15, 0.2) is 0 Å². The quantitative estimate of drug-likeness (QED) is 0.730. The summed E-state index contributed by atoms with van der Waals surface area (Å²) in [5.41, 5.74) is -1.02. The molecule has 0 aromatic heterocycles. The topological polar surface area (TPSA) is 65.1 Å². The molecule has 6 nitrogen and oxygen atoms in total. The first kappa shape index (κ1) is 18.7. The van der Waals surface area contributed by atoms with E-state index in [0.29, 0.717) is 19.7 Å². The third kappa shape index (κ3) is 5.83. The van der Waals surface area contributed by atoms with Gasteiger partial charge in [-0.2, -0.15) is 0 Å². The van der Waals surface area contributed by atoms with E-state index in [4.69, 9.17) is 14.2 Å². The first-order valence-electron chi connectivity index (χ1n) is 7.99. The summed E-state index contributed by atoms with van der Waals surface area (Å²) < 4.78 is 16.1. The molecule has 1 amide bonds. The molecule has 22 heavy (non-hydrogen) atoms. The first-order valence-corrected chi connectivity index (χ1v) is 7.99. The summed E-state index contributed by atoms with van der Waals surface area (Å²) in [6.45, 7) is 10.7. The summed E-state index contributed by atoms with van der Waals surface area (Å²) in [7, 11) is 0. The number of ether oxygens (including phenoxy) is 3. The minimum Gasteiger partial charge on any atom is -0.464 e. The SMILES string of the molecule is CCOC(=O)COC1(CC)CCCN(C(=O)OC(C)(C)C)C1. The summed E-state index contributed by atoms with van der Waals surface area (Å²) in [6.07, 6.45) is 2.05. The van der Waals surface area contributed by atoms with Gasteiger partial charge in [0, 0.05) is 6.54 Å². The summed E-state index contributed by atoms with van der Waals surface area (Å²) in [5, 5.41) is 0. The van der Waals surface area contributed by atoms with Gasteiger partial charge in [-0.15, -0.1) is 0 Å². The van der Waals surface area contributed by atoms with Crippen LogP contribution in [0.5, 0.6) is 0 Å². The summed E-state index contributed by atoms with van der Waals surface area (Å²) in [5.74, 6) is -0.371. The van der Waals surface area contributed by atoms with Crippen LogP contribution in [-0.4, -0.2) is 54.5 Å². The number of amides is 1. The van der Waals surface area contributed by atoms with Gasteiger partial charge in [0.25, 0.3) is 0 Å². The molecule has 1 unspecified atom stereocenters. The first-order chi connectivity index (χ1) is 10.2. The van der Waals surface area contributed by atoms with Crippen molar-refractivity contribution in [2.45, 2.75) is 65.1 Å². The number of hydrogen-bond acceptors (Lipinski definition) is 5. The molecule has 1 aliphatic heterocycles. The number of piperidine rings is 1. The van der Waals surface area contributed by atoms with Crippen molar-refractivity contribution in [2.75, 3.05) is 26.3 Å². The molecule has 0 saturated carbocycles. The highest BCUT2D eigenvalue weighted by Crippen LogP contribution is 2.29. The van der Waals surface area contributed by atoms with Crippen molar-refractivity contribution in [1.82, 2.24) is 4.90 Å². The monoisotopic (exact) mass is 315 g/mol. The van der Waals surface area contributed by atoms with Gasteiger partial charge in [-0.1, -0.05) is 6.92 Å². The van der Waals surface area contributed by atoms with E-state index >= 15 is 0 Å². The smallest absolute Gasteiger partial charge is 0.410 e. The molecule has 0 aromatic rings. The molecule has 128 valence electrons. The zero-order valence-corrected chi connectivity index (χ0v) is 14.4. The van der Waals surface area contributed by atoms with Crippen molar-refractivity contribution in [3.05, 3.63) is 0 Å². The van der Waals surface area contributed by atoms with Crippen molar-refractivity contribution in [1.29, 1.82) is 0 Å². The van der Waals surface area contributed by atoms with E-state index in [9.17, 15) is 9.59 Å². The second-order valence-corrected chi connectivity index (χ2v) is 6.64. The predicted molar refractivity (Wildman–Crippen MR) is 82.6 cm³/mol. The Morgan fingerprint density at radius 2 is 1.91 bits per heavy atom. The molecule has 1 atom stereocenters. The second kappa shape index (κ2) is 7.81. The zero-order valence-electron chi connectivity index (χ0n) is 14.4. The van der Waals surface area contributed by atoms with Crippen LogP contribution >= 0.6 is 0 Å². The predicted octanol–water partition coefficient (Wildman–Crippen LogP) is 2.75. The Hall–Kier alpha value is -1.30.